The van der Waals surface area contributed by atoms with Crippen molar-refractivity contribution in [2.75, 3.05) is 31.1 Å². The average Bonchev–Trinajstić information content (AvgIpc) is 2.85. The SMILES string of the molecule is Cc1nc(N2CCC3CNCC3C2)ccc1C#N. The number of nitrogens with zero attached hydrogens (tertiary/aromatic N) is 3. The molecule has 2 atom stereocenters. The van der Waals surface area contributed by atoms with Crippen molar-refractivity contribution in [2.24, 2.45) is 11.8 Å². The zero-order valence-electron chi connectivity index (χ0n) is 10.7. The van der Waals surface area contributed by atoms with Gasteiger partial charge in [-0.1, -0.05) is 0 Å². The molecule has 0 bridgehead atoms. The largest absolute Gasteiger partial charge is 0.356 e. The normalized spacial score (nSPS) is 26.8. The fourth-order valence-corrected chi connectivity index (χ4v) is 3.09. The molecule has 1 aromatic heterocycles. The molecule has 0 aromatic carbocycles. The Balaban J connectivity index is 1.79. The molecule has 4 heteroatoms. The monoisotopic (exact) mass is 242 g/mol. The smallest absolute Gasteiger partial charge is 0.128 e. The Labute approximate surface area is 108 Å². The van der Waals surface area contributed by atoms with Crippen LogP contribution in [0, 0.1) is 30.1 Å². The van der Waals surface area contributed by atoms with Gasteiger partial charge in [0.1, 0.15) is 11.9 Å². The van der Waals surface area contributed by atoms with Gasteiger partial charge in [-0.3, -0.25) is 0 Å². The summed E-state index contributed by atoms with van der Waals surface area (Å²) < 4.78 is 0. The number of fused-ring (bicyclic) bond motifs is 1. The molecule has 1 aromatic rings. The highest BCUT2D eigenvalue weighted by molar-refractivity contribution is 5.45. The zero-order valence-corrected chi connectivity index (χ0v) is 10.7. The second-order valence-corrected chi connectivity index (χ2v) is 5.33. The van der Waals surface area contributed by atoms with Crippen LogP contribution in [0.5, 0.6) is 0 Å². The fraction of sp³-hybridized carbons (Fsp3) is 0.571. The van der Waals surface area contributed by atoms with Gasteiger partial charge in [-0.2, -0.15) is 5.26 Å². The molecule has 0 saturated carbocycles. The van der Waals surface area contributed by atoms with Crippen molar-refractivity contribution in [1.29, 1.82) is 5.26 Å². The minimum atomic E-state index is 0.677. The van der Waals surface area contributed by atoms with Crippen LogP contribution in [0.15, 0.2) is 12.1 Å². The summed E-state index contributed by atoms with van der Waals surface area (Å²) in [6, 6.07) is 6.04. The van der Waals surface area contributed by atoms with E-state index in [1.54, 1.807) is 0 Å². The van der Waals surface area contributed by atoms with Gasteiger partial charge < -0.3 is 10.2 Å². The zero-order chi connectivity index (χ0) is 12.5. The number of aromatic nitrogens is 1. The van der Waals surface area contributed by atoms with Crippen LogP contribution >= 0.6 is 0 Å². The predicted molar refractivity (Wildman–Crippen MR) is 70.4 cm³/mol. The Kier molecular flexibility index (Phi) is 2.92. The van der Waals surface area contributed by atoms with Crippen molar-refractivity contribution in [1.82, 2.24) is 10.3 Å². The third-order valence-electron chi connectivity index (χ3n) is 4.22. The van der Waals surface area contributed by atoms with Crippen molar-refractivity contribution < 1.29 is 0 Å². The molecule has 0 aliphatic carbocycles. The highest BCUT2D eigenvalue weighted by Crippen LogP contribution is 2.29. The average molecular weight is 242 g/mol. The van der Waals surface area contributed by atoms with Gasteiger partial charge in [0.15, 0.2) is 0 Å². The van der Waals surface area contributed by atoms with Crippen LogP contribution in [0.1, 0.15) is 17.7 Å². The summed E-state index contributed by atoms with van der Waals surface area (Å²) in [5.41, 5.74) is 1.51. The van der Waals surface area contributed by atoms with Crippen molar-refractivity contribution in [3.05, 3.63) is 23.4 Å². The number of anilines is 1. The quantitative estimate of drug-likeness (QED) is 0.806. The number of nitriles is 1. The molecule has 2 fully saturated rings. The van der Waals surface area contributed by atoms with Crippen LogP contribution < -0.4 is 10.2 Å². The third-order valence-corrected chi connectivity index (χ3v) is 4.22. The topological polar surface area (TPSA) is 52.0 Å². The molecule has 1 N–H and O–H groups in total. The summed E-state index contributed by atoms with van der Waals surface area (Å²) in [5, 5.41) is 12.4. The summed E-state index contributed by atoms with van der Waals surface area (Å²) in [5.74, 6) is 2.63. The van der Waals surface area contributed by atoms with E-state index in [1.807, 2.05) is 19.1 Å². The third kappa shape index (κ3) is 1.95. The Morgan fingerprint density at radius 3 is 3.00 bits per heavy atom. The molecule has 0 radical (unpaired) electrons. The highest BCUT2D eigenvalue weighted by atomic mass is 15.2. The first-order valence-electron chi connectivity index (χ1n) is 6.61. The lowest BCUT2D eigenvalue weighted by atomic mass is 9.89. The Hall–Kier alpha value is -1.60. The van der Waals surface area contributed by atoms with Crippen LogP contribution in [-0.2, 0) is 0 Å². The molecule has 18 heavy (non-hydrogen) atoms. The number of rotatable bonds is 1. The Morgan fingerprint density at radius 2 is 2.22 bits per heavy atom. The first-order valence-corrected chi connectivity index (χ1v) is 6.61. The summed E-state index contributed by atoms with van der Waals surface area (Å²) in [6.07, 6.45) is 1.25. The molecule has 0 amide bonds. The van der Waals surface area contributed by atoms with Crippen molar-refractivity contribution in [3.8, 4) is 6.07 Å². The van der Waals surface area contributed by atoms with E-state index in [4.69, 9.17) is 5.26 Å². The lowest BCUT2D eigenvalue weighted by Gasteiger charge is -2.35. The lowest BCUT2D eigenvalue weighted by Crippen LogP contribution is -2.40. The molecule has 94 valence electrons. The summed E-state index contributed by atoms with van der Waals surface area (Å²) >= 11 is 0. The van der Waals surface area contributed by atoms with E-state index in [2.05, 4.69) is 21.3 Å². The number of pyridine rings is 1. The van der Waals surface area contributed by atoms with Crippen LogP contribution in [0.25, 0.3) is 0 Å². The van der Waals surface area contributed by atoms with Crippen molar-refractivity contribution in [3.63, 3.8) is 0 Å². The van der Waals surface area contributed by atoms with Gasteiger partial charge in [0, 0.05) is 13.1 Å². The molecule has 0 spiro atoms. The maximum Gasteiger partial charge on any atom is 0.128 e. The Morgan fingerprint density at radius 1 is 1.39 bits per heavy atom. The van der Waals surface area contributed by atoms with Crippen LogP contribution in [0.4, 0.5) is 5.82 Å². The molecular weight excluding hydrogens is 224 g/mol. The maximum absolute atomic E-state index is 8.93. The molecule has 2 aliphatic rings. The number of piperidine rings is 1. The summed E-state index contributed by atoms with van der Waals surface area (Å²) in [7, 11) is 0. The Bertz CT molecular complexity index is 491. The van der Waals surface area contributed by atoms with Crippen LogP contribution in [-0.4, -0.2) is 31.2 Å². The second-order valence-electron chi connectivity index (χ2n) is 5.33. The second kappa shape index (κ2) is 4.58. The summed E-state index contributed by atoms with van der Waals surface area (Å²) in [6.45, 7) is 6.40. The van der Waals surface area contributed by atoms with E-state index in [9.17, 15) is 0 Å². The van der Waals surface area contributed by atoms with Gasteiger partial charge in [-0.25, -0.2) is 4.98 Å². The van der Waals surface area contributed by atoms with E-state index in [-0.39, 0.29) is 0 Å². The number of hydrogen-bond acceptors (Lipinski definition) is 4. The molecule has 2 aliphatic heterocycles. The number of hydrogen-bond donors (Lipinski definition) is 1. The molecular formula is C14H18N4. The fourth-order valence-electron chi connectivity index (χ4n) is 3.09. The molecule has 3 rings (SSSR count). The predicted octanol–water partition coefficient (Wildman–Crippen LogP) is 1.31. The minimum Gasteiger partial charge on any atom is -0.356 e. The van der Waals surface area contributed by atoms with Gasteiger partial charge in [-0.05, 0) is 50.4 Å². The van der Waals surface area contributed by atoms with E-state index >= 15 is 0 Å². The standard InChI is InChI=1S/C14H18N4/c1-10-11(6-15)2-3-14(17-10)18-5-4-12-7-16-8-13(12)9-18/h2-3,12-13,16H,4-5,7-9H2,1H3. The minimum absolute atomic E-state index is 0.677. The van der Waals surface area contributed by atoms with Crippen LogP contribution in [0.3, 0.4) is 0 Å². The van der Waals surface area contributed by atoms with Crippen molar-refractivity contribution in [2.45, 2.75) is 13.3 Å². The molecule has 2 unspecified atom stereocenters. The van der Waals surface area contributed by atoms with Gasteiger partial charge in [0.25, 0.3) is 0 Å². The molecule has 4 nitrogen and oxygen atoms in total. The van der Waals surface area contributed by atoms with Crippen molar-refractivity contribution >= 4 is 5.82 Å². The first kappa shape index (κ1) is 11.5. The van der Waals surface area contributed by atoms with Gasteiger partial charge in [-0.15, -0.1) is 0 Å². The molecule has 2 saturated heterocycles. The lowest BCUT2D eigenvalue weighted by molar-refractivity contribution is 0.347. The first-order chi connectivity index (χ1) is 8.78. The van der Waals surface area contributed by atoms with E-state index in [0.717, 1.165) is 43.0 Å². The van der Waals surface area contributed by atoms with E-state index < -0.39 is 0 Å². The van der Waals surface area contributed by atoms with Gasteiger partial charge >= 0.3 is 0 Å². The highest BCUT2D eigenvalue weighted by Gasteiger charge is 2.33. The maximum atomic E-state index is 8.93. The van der Waals surface area contributed by atoms with E-state index in [0.29, 0.717) is 5.56 Å². The molecule has 3 heterocycles. The number of nitrogens with one attached hydrogen (secondary N) is 1. The summed E-state index contributed by atoms with van der Waals surface area (Å²) in [4.78, 5) is 6.93. The van der Waals surface area contributed by atoms with Gasteiger partial charge in [0.2, 0.25) is 0 Å². The number of aryl methyl sites for hydroxylation is 1. The van der Waals surface area contributed by atoms with Gasteiger partial charge in [0.05, 0.1) is 11.3 Å². The van der Waals surface area contributed by atoms with Crippen LogP contribution in [0.2, 0.25) is 0 Å². The van der Waals surface area contributed by atoms with E-state index in [1.165, 1.54) is 13.0 Å².